The number of benzene rings is 3. The van der Waals surface area contributed by atoms with Gasteiger partial charge in [-0.1, -0.05) is 54.6 Å². The molecule has 1 heterocycles. The van der Waals surface area contributed by atoms with E-state index in [2.05, 4.69) is 5.32 Å². The van der Waals surface area contributed by atoms with Crippen LogP contribution in [0.1, 0.15) is 11.1 Å². The molecule has 1 atom stereocenters. The lowest BCUT2D eigenvalue weighted by Crippen LogP contribution is -2.35. The Balaban J connectivity index is 1.96. The minimum atomic E-state index is -1.62. The Morgan fingerprint density at radius 1 is 0.857 bits per heavy atom. The van der Waals surface area contributed by atoms with Gasteiger partial charge in [0.05, 0.1) is 0 Å². The molecule has 0 unspecified atom stereocenters. The van der Waals surface area contributed by atoms with E-state index >= 15 is 0 Å². The van der Waals surface area contributed by atoms with E-state index in [1.807, 2.05) is 54.6 Å². The second kappa shape index (κ2) is 4.17. The molecule has 3 nitrogen and oxygen atoms in total. The highest BCUT2D eigenvalue weighted by Gasteiger charge is 2.46. The highest BCUT2D eigenvalue weighted by Crippen LogP contribution is 2.41. The van der Waals surface area contributed by atoms with E-state index in [4.69, 9.17) is 0 Å². The lowest BCUT2D eigenvalue weighted by Gasteiger charge is -2.21. The summed E-state index contributed by atoms with van der Waals surface area (Å²) in [5.74, 6) is -0.404. The first kappa shape index (κ1) is 12.1. The highest BCUT2D eigenvalue weighted by molar-refractivity contribution is 6.07. The molecule has 0 aliphatic carbocycles. The molecule has 0 spiro atoms. The number of hydrogen-bond donors (Lipinski definition) is 2. The predicted octanol–water partition coefficient (Wildman–Crippen LogP) is 3.03. The highest BCUT2D eigenvalue weighted by atomic mass is 16.3. The molecule has 0 fully saturated rings. The second-order valence-corrected chi connectivity index (χ2v) is 5.27. The number of nitrogens with one attached hydrogen (secondary N) is 1. The number of para-hydroxylation sites is 1. The zero-order valence-corrected chi connectivity index (χ0v) is 11.2. The van der Waals surface area contributed by atoms with Gasteiger partial charge < -0.3 is 10.4 Å². The normalized spacial score (nSPS) is 20.3. The van der Waals surface area contributed by atoms with E-state index in [-0.39, 0.29) is 0 Å². The molecule has 0 saturated heterocycles. The van der Waals surface area contributed by atoms with Crippen molar-refractivity contribution in [2.75, 3.05) is 5.32 Å². The third-order valence-electron chi connectivity index (χ3n) is 4.06. The zero-order chi connectivity index (χ0) is 14.4. The molecule has 0 aromatic heterocycles. The molecular formula is C18H13NO2. The van der Waals surface area contributed by atoms with Gasteiger partial charge in [-0.2, -0.15) is 0 Å². The zero-order valence-electron chi connectivity index (χ0n) is 11.2. The van der Waals surface area contributed by atoms with Gasteiger partial charge in [-0.15, -0.1) is 0 Å². The fourth-order valence-electron chi connectivity index (χ4n) is 2.94. The molecule has 0 saturated carbocycles. The molecule has 1 aliphatic rings. The predicted molar refractivity (Wildman–Crippen MR) is 82.0 cm³/mol. The SMILES string of the molecule is O=C1Nc2ccccc2[C@]1(O)c1ccc2ccccc2c1. The van der Waals surface area contributed by atoms with Crippen LogP contribution in [-0.4, -0.2) is 11.0 Å². The smallest absolute Gasteiger partial charge is 0.265 e. The Bertz CT molecular complexity index is 872. The summed E-state index contributed by atoms with van der Waals surface area (Å²) in [5, 5.41) is 15.9. The third-order valence-corrected chi connectivity index (χ3v) is 4.06. The van der Waals surface area contributed by atoms with Crippen molar-refractivity contribution in [3.05, 3.63) is 77.9 Å². The second-order valence-electron chi connectivity index (χ2n) is 5.27. The van der Waals surface area contributed by atoms with Crippen LogP contribution in [0.15, 0.2) is 66.7 Å². The molecule has 3 heteroatoms. The van der Waals surface area contributed by atoms with Crippen molar-refractivity contribution in [1.29, 1.82) is 0 Å². The number of anilines is 1. The summed E-state index contributed by atoms with van der Waals surface area (Å²) in [4.78, 5) is 12.3. The minimum Gasteiger partial charge on any atom is -0.372 e. The largest absolute Gasteiger partial charge is 0.372 e. The summed E-state index contributed by atoms with van der Waals surface area (Å²) in [5.41, 5.74) is 0.229. The average Bonchev–Trinajstić information content (AvgIpc) is 2.79. The summed E-state index contributed by atoms with van der Waals surface area (Å²) in [6.07, 6.45) is 0. The Morgan fingerprint density at radius 3 is 2.43 bits per heavy atom. The van der Waals surface area contributed by atoms with Crippen LogP contribution in [-0.2, 0) is 10.4 Å². The van der Waals surface area contributed by atoms with E-state index in [1.165, 1.54) is 0 Å². The fraction of sp³-hybridized carbons (Fsp3) is 0.0556. The molecule has 0 bridgehead atoms. The maximum atomic E-state index is 12.3. The number of aliphatic hydroxyl groups is 1. The lowest BCUT2D eigenvalue weighted by molar-refractivity contribution is -0.129. The van der Waals surface area contributed by atoms with Crippen LogP contribution in [0.3, 0.4) is 0 Å². The maximum absolute atomic E-state index is 12.3. The Labute approximate surface area is 121 Å². The van der Waals surface area contributed by atoms with Crippen LogP contribution >= 0.6 is 0 Å². The number of amides is 1. The standard InChI is InChI=1S/C18H13NO2/c20-17-18(21,15-7-3-4-8-16(15)19-17)14-10-9-12-5-1-2-6-13(12)11-14/h1-11,21H,(H,19,20)/t18-/m1/s1. The van der Waals surface area contributed by atoms with Gasteiger partial charge in [0, 0.05) is 11.3 Å². The van der Waals surface area contributed by atoms with Gasteiger partial charge in [-0.05, 0) is 28.5 Å². The quantitative estimate of drug-likeness (QED) is 0.717. The van der Waals surface area contributed by atoms with Crippen LogP contribution < -0.4 is 5.32 Å². The molecule has 0 radical (unpaired) electrons. The number of fused-ring (bicyclic) bond motifs is 2. The summed E-state index contributed by atoms with van der Waals surface area (Å²) >= 11 is 0. The van der Waals surface area contributed by atoms with Crippen LogP contribution in [0.5, 0.6) is 0 Å². The summed E-state index contributed by atoms with van der Waals surface area (Å²) in [6, 6.07) is 20.7. The van der Waals surface area contributed by atoms with Crippen molar-refractivity contribution in [1.82, 2.24) is 0 Å². The summed E-state index contributed by atoms with van der Waals surface area (Å²) < 4.78 is 0. The van der Waals surface area contributed by atoms with Gasteiger partial charge in [0.2, 0.25) is 0 Å². The first-order valence-electron chi connectivity index (χ1n) is 6.82. The Morgan fingerprint density at radius 2 is 1.57 bits per heavy atom. The van der Waals surface area contributed by atoms with Crippen LogP contribution in [0.4, 0.5) is 5.69 Å². The number of carbonyl (C=O) groups is 1. The molecule has 3 aromatic rings. The Hall–Kier alpha value is -2.65. The molecular weight excluding hydrogens is 262 g/mol. The van der Waals surface area contributed by atoms with Crippen molar-refractivity contribution in [3.8, 4) is 0 Å². The van der Waals surface area contributed by atoms with E-state index in [0.29, 0.717) is 16.8 Å². The summed E-state index contributed by atoms with van der Waals surface area (Å²) in [7, 11) is 0. The lowest BCUT2D eigenvalue weighted by atomic mass is 9.86. The van der Waals surface area contributed by atoms with Gasteiger partial charge in [0.1, 0.15) is 0 Å². The van der Waals surface area contributed by atoms with Gasteiger partial charge >= 0.3 is 0 Å². The van der Waals surface area contributed by atoms with Gasteiger partial charge in [-0.3, -0.25) is 4.79 Å². The van der Waals surface area contributed by atoms with E-state index in [1.54, 1.807) is 12.1 Å². The van der Waals surface area contributed by atoms with Crippen LogP contribution in [0.2, 0.25) is 0 Å². The topological polar surface area (TPSA) is 49.3 Å². The maximum Gasteiger partial charge on any atom is 0.265 e. The van der Waals surface area contributed by atoms with Crippen LogP contribution in [0.25, 0.3) is 10.8 Å². The number of carbonyl (C=O) groups excluding carboxylic acids is 1. The fourth-order valence-corrected chi connectivity index (χ4v) is 2.94. The van der Waals surface area contributed by atoms with Gasteiger partial charge in [-0.25, -0.2) is 0 Å². The third kappa shape index (κ3) is 1.61. The monoisotopic (exact) mass is 275 g/mol. The molecule has 4 rings (SSSR count). The van der Waals surface area contributed by atoms with Crippen molar-refractivity contribution in [3.63, 3.8) is 0 Å². The first-order valence-corrected chi connectivity index (χ1v) is 6.82. The van der Waals surface area contributed by atoms with Crippen molar-refractivity contribution in [2.24, 2.45) is 0 Å². The first-order chi connectivity index (χ1) is 10.2. The van der Waals surface area contributed by atoms with Gasteiger partial charge in [0.25, 0.3) is 5.91 Å². The molecule has 1 amide bonds. The number of rotatable bonds is 1. The molecule has 3 aromatic carbocycles. The van der Waals surface area contributed by atoms with Crippen molar-refractivity contribution >= 4 is 22.4 Å². The average molecular weight is 275 g/mol. The van der Waals surface area contributed by atoms with Crippen LogP contribution in [0, 0.1) is 0 Å². The molecule has 21 heavy (non-hydrogen) atoms. The van der Waals surface area contributed by atoms with Gasteiger partial charge in [0.15, 0.2) is 5.60 Å². The molecule has 102 valence electrons. The number of hydrogen-bond acceptors (Lipinski definition) is 2. The van der Waals surface area contributed by atoms with E-state index < -0.39 is 11.5 Å². The molecule has 2 N–H and O–H groups in total. The van der Waals surface area contributed by atoms with E-state index in [9.17, 15) is 9.90 Å². The van der Waals surface area contributed by atoms with E-state index in [0.717, 1.165) is 10.8 Å². The van der Waals surface area contributed by atoms with Crippen molar-refractivity contribution in [2.45, 2.75) is 5.60 Å². The Kier molecular flexibility index (Phi) is 2.41. The molecule has 1 aliphatic heterocycles. The van der Waals surface area contributed by atoms with Crippen molar-refractivity contribution < 1.29 is 9.90 Å². The minimum absolute atomic E-state index is 0.404. The summed E-state index contributed by atoms with van der Waals surface area (Å²) in [6.45, 7) is 0.